The first-order valence-corrected chi connectivity index (χ1v) is 5.99. The number of fused-ring (bicyclic) bond motifs is 1. The second kappa shape index (κ2) is 4.51. The van der Waals surface area contributed by atoms with E-state index in [4.69, 9.17) is 9.98 Å². The SMILES string of the molecule is CON1CCc2ccc([S+](N)[O-])cc2C1. The fourth-order valence-corrected chi connectivity index (χ4v) is 2.25. The maximum atomic E-state index is 11.1. The molecule has 15 heavy (non-hydrogen) atoms. The summed E-state index contributed by atoms with van der Waals surface area (Å²) in [6.45, 7) is 1.63. The van der Waals surface area contributed by atoms with Gasteiger partial charge in [-0.2, -0.15) is 5.06 Å². The zero-order valence-corrected chi connectivity index (χ0v) is 9.42. The highest BCUT2D eigenvalue weighted by molar-refractivity contribution is 7.89. The van der Waals surface area contributed by atoms with Crippen molar-refractivity contribution in [2.45, 2.75) is 17.9 Å². The zero-order valence-electron chi connectivity index (χ0n) is 8.60. The molecule has 0 spiro atoms. The highest BCUT2D eigenvalue weighted by atomic mass is 32.2. The van der Waals surface area contributed by atoms with Gasteiger partial charge in [0.15, 0.2) is 4.90 Å². The van der Waals surface area contributed by atoms with Crippen LogP contribution in [0.1, 0.15) is 11.1 Å². The quantitative estimate of drug-likeness (QED) is 0.750. The Bertz CT molecular complexity index is 357. The van der Waals surface area contributed by atoms with Crippen molar-refractivity contribution >= 4 is 11.4 Å². The Kier molecular flexibility index (Phi) is 3.28. The number of nitrogens with zero attached hydrogens (tertiary/aromatic N) is 1. The highest BCUT2D eigenvalue weighted by Crippen LogP contribution is 2.21. The number of hydrogen-bond acceptors (Lipinski definition) is 4. The molecule has 0 radical (unpaired) electrons. The second-order valence-corrected chi connectivity index (χ2v) is 4.59. The molecule has 0 bridgehead atoms. The molecule has 1 aromatic rings. The van der Waals surface area contributed by atoms with E-state index in [1.165, 1.54) is 5.56 Å². The molecule has 5 heteroatoms. The lowest BCUT2D eigenvalue weighted by Gasteiger charge is -2.26. The first-order chi connectivity index (χ1) is 7.20. The van der Waals surface area contributed by atoms with Gasteiger partial charge in [-0.3, -0.25) is 0 Å². The smallest absolute Gasteiger partial charge is 0.174 e. The molecule has 0 saturated carbocycles. The van der Waals surface area contributed by atoms with Gasteiger partial charge in [-0.05, 0) is 23.6 Å². The predicted octanol–water partition coefficient (Wildman–Crippen LogP) is 0.587. The lowest BCUT2D eigenvalue weighted by atomic mass is 10.0. The zero-order chi connectivity index (χ0) is 10.8. The Morgan fingerprint density at radius 2 is 2.27 bits per heavy atom. The fraction of sp³-hybridized carbons (Fsp3) is 0.400. The molecule has 2 rings (SSSR count). The number of rotatable bonds is 2. The third-order valence-electron chi connectivity index (χ3n) is 2.65. The third-order valence-corrected chi connectivity index (χ3v) is 3.36. The van der Waals surface area contributed by atoms with Crippen molar-refractivity contribution in [1.82, 2.24) is 5.06 Å². The fourth-order valence-electron chi connectivity index (χ4n) is 1.79. The lowest BCUT2D eigenvalue weighted by molar-refractivity contribution is -0.142. The summed E-state index contributed by atoms with van der Waals surface area (Å²) in [7, 11) is 1.66. The van der Waals surface area contributed by atoms with E-state index < -0.39 is 11.4 Å². The van der Waals surface area contributed by atoms with Gasteiger partial charge in [0.1, 0.15) is 0 Å². The van der Waals surface area contributed by atoms with Crippen LogP contribution < -0.4 is 5.14 Å². The molecular weight excluding hydrogens is 212 g/mol. The van der Waals surface area contributed by atoms with Crippen LogP contribution in [0.5, 0.6) is 0 Å². The number of nitrogens with two attached hydrogens (primary N) is 1. The molecule has 1 aliphatic heterocycles. The molecule has 1 heterocycles. The molecule has 2 N–H and O–H groups in total. The largest absolute Gasteiger partial charge is 0.593 e. The first-order valence-electron chi connectivity index (χ1n) is 4.77. The average molecular weight is 226 g/mol. The van der Waals surface area contributed by atoms with E-state index >= 15 is 0 Å². The Balaban J connectivity index is 2.26. The van der Waals surface area contributed by atoms with E-state index in [1.807, 2.05) is 23.3 Å². The summed E-state index contributed by atoms with van der Waals surface area (Å²) in [5.41, 5.74) is 2.44. The summed E-state index contributed by atoms with van der Waals surface area (Å²) in [6.07, 6.45) is 0.959. The summed E-state index contributed by atoms with van der Waals surface area (Å²) in [4.78, 5) is 5.85. The molecule has 1 aromatic carbocycles. The summed E-state index contributed by atoms with van der Waals surface area (Å²) in [5, 5.41) is 7.22. The van der Waals surface area contributed by atoms with Crippen molar-refractivity contribution in [3.63, 3.8) is 0 Å². The molecule has 0 aromatic heterocycles. The average Bonchev–Trinajstić information content (AvgIpc) is 2.27. The van der Waals surface area contributed by atoms with Crippen LogP contribution >= 0.6 is 0 Å². The Labute approximate surface area is 92.3 Å². The van der Waals surface area contributed by atoms with Gasteiger partial charge in [-0.25, -0.2) is 0 Å². The topological polar surface area (TPSA) is 61.5 Å². The van der Waals surface area contributed by atoms with E-state index in [9.17, 15) is 4.55 Å². The van der Waals surface area contributed by atoms with E-state index in [-0.39, 0.29) is 0 Å². The Morgan fingerprint density at radius 1 is 1.47 bits per heavy atom. The van der Waals surface area contributed by atoms with Crippen LogP contribution in [0, 0.1) is 0 Å². The third kappa shape index (κ3) is 2.32. The molecule has 0 amide bonds. The van der Waals surface area contributed by atoms with Crippen molar-refractivity contribution in [3.05, 3.63) is 29.3 Å². The van der Waals surface area contributed by atoms with Crippen LogP contribution in [-0.2, 0) is 29.2 Å². The molecular formula is C10H14N2O2S. The predicted molar refractivity (Wildman–Crippen MR) is 58.2 cm³/mol. The maximum Gasteiger partial charge on any atom is 0.174 e. The Hall–Kier alpha value is -0.590. The van der Waals surface area contributed by atoms with E-state index in [2.05, 4.69) is 0 Å². The minimum Gasteiger partial charge on any atom is -0.593 e. The summed E-state index contributed by atoms with van der Waals surface area (Å²) in [6, 6.07) is 5.73. The van der Waals surface area contributed by atoms with Gasteiger partial charge in [-0.1, -0.05) is 6.07 Å². The monoisotopic (exact) mass is 226 g/mol. The van der Waals surface area contributed by atoms with E-state index in [0.29, 0.717) is 4.90 Å². The molecule has 82 valence electrons. The highest BCUT2D eigenvalue weighted by Gasteiger charge is 2.18. The molecule has 0 fully saturated rings. The lowest BCUT2D eigenvalue weighted by Crippen LogP contribution is -2.29. The first kappa shape index (κ1) is 10.9. The van der Waals surface area contributed by atoms with Crippen molar-refractivity contribution < 1.29 is 9.39 Å². The molecule has 1 atom stereocenters. The van der Waals surface area contributed by atoms with Crippen LogP contribution in [0.2, 0.25) is 0 Å². The second-order valence-electron chi connectivity index (χ2n) is 3.52. The van der Waals surface area contributed by atoms with Crippen LogP contribution in [0.25, 0.3) is 0 Å². The Morgan fingerprint density at radius 3 is 2.93 bits per heavy atom. The molecule has 0 aliphatic carbocycles. The van der Waals surface area contributed by atoms with Crippen LogP contribution in [0.3, 0.4) is 0 Å². The summed E-state index contributed by atoms with van der Waals surface area (Å²) >= 11 is -1.40. The van der Waals surface area contributed by atoms with Gasteiger partial charge in [0.2, 0.25) is 0 Å². The summed E-state index contributed by atoms with van der Waals surface area (Å²) < 4.78 is 11.1. The number of hydrogen-bond donors (Lipinski definition) is 1. The van der Waals surface area contributed by atoms with Crippen molar-refractivity contribution in [1.29, 1.82) is 0 Å². The van der Waals surface area contributed by atoms with Gasteiger partial charge in [-0.15, -0.1) is 5.14 Å². The van der Waals surface area contributed by atoms with Gasteiger partial charge in [0.25, 0.3) is 0 Å². The molecule has 0 saturated heterocycles. The van der Waals surface area contributed by atoms with Crippen LogP contribution in [0.4, 0.5) is 0 Å². The summed E-state index contributed by atoms with van der Waals surface area (Å²) in [5.74, 6) is 0. The van der Waals surface area contributed by atoms with E-state index in [0.717, 1.165) is 25.1 Å². The minimum atomic E-state index is -1.40. The van der Waals surface area contributed by atoms with Gasteiger partial charge in [0.05, 0.1) is 18.5 Å². The van der Waals surface area contributed by atoms with Crippen LogP contribution in [-0.4, -0.2) is 23.3 Å². The van der Waals surface area contributed by atoms with Crippen molar-refractivity contribution in [2.75, 3.05) is 13.7 Å². The maximum absolute atomic E-state index is 11.1. The normalized spacial score (nSPS) is 18.6. The molecule has 1 unspecified atom stereocenters. The molecule has 1 aliphatic rings. The van der Waals surface area contributed by atoms with Crippen molar-refractivity contribution in [2.24, 2.45) is 5.14 Å². The van der Waals surface area contributed by atoms with Gasteiger partial charge < -0.3 is 9.39 Å². The standard InChI is InChI=1S/C10H14N2O2S/c1-14-12-5-4-8-2-3-10(15(11)13)6-9(8)7-12/h2-3,6H,4-5,7,11H2,1H3. The van der Waals surface area contributed by atoms with Crippen LogP contribution in [0.15, 0.2) is 23.1 Å². The minimum absolute atomic E-state index is 0.673. The van der Waals surface area contributed by atoms with E-state index in [1.54, 1.807) is 7.11 Å². The van der Waals surface area contributed by atoms with Gasteiger partial charge in [0, 0.05) is 19.2 Å². The number of hydroxylamine groups is 2. The number of benzene rings is 1. The van der Waals surface area contributed by atoms with Gasteiger partial charge >= 0.3 is 0 Å². The van der Waals surface area contributed by atoms with Crippen molar-refractivity contribution in [3.8, 4) is 0 Å². The molecule has 4 nitrogen and oxygen atoms in total.